The zero-order valence-electron chi connectivity index (χ0n) is 19.4. The van der Waals surface area contributed by atoms with Gasteiger partial charge in [-0.1, -0.05) is 42.1 Å². The van der Waals surface area contributed by atoms with Crippen LogP contribution in [0.2, 0.25) is 0 Å². The molecule has 0 aliphatic rings. The molecule has 1 N–H and O–H groups in total. The van der Waals surface area contributed by atoms with Crippen molar-refractivity contribution in [2.45, 2.75) is 17.8 Å². The number of hydrogen-bond donors (Lipinski definition) is 1. The molecule has 5 aromatic rings. The summed E-state index contributed by atoms with van der Waals surface area (Å²) >= 11 is 1.58. The standard InChI is InChI=1S/C28H22FN5OS/c1-19-4-2-3-5-25(19)34-26(21-14-16-30-17-15-21)32-33-28(34)36-18-20-6-8-22(9-7-20)27(35)31-24-12-10-23(29)11-13-24/h2-17H,18H2,1H3,(H,31,35). The molecule has 5 rings (SSSR count). The second kappa shape index (κ2) is 10.5. The fraction of sp³-hybridized carbons (Fsp3) is 0.0714. The lowest BCUT2D eigenvalue weighted by Crippen LogP contribution is -2.11. The minimum absolute atomic E-state index is 0.248. The van der Waals surface area contributed by atoms with Crippen molar-refractivity contribution in [1.82, 2.24) is 19.7 Å². The van der Waals surface area contributed by atoms with E-state index in [1.165, 1.54) is 24.3 Å². The first-order chi connectivity index (χ1) is 17.6. The minimum atomic E-state index is -0.346. The molecule has 1 amide bonds. The molecular formula is C28H22FN5OS. The molecule has 0 aliphatic heterocycles. The number of anilines is 1. The Morgan fingerprint density at radius 2 is 1.64 bits per heavy atom. The van der Waals surface area contributed by atoms with Crippen molar-refractivity contribution in [3.8, 4) is 17.1 Å². The van der Waals surface area contributed by atoms with E-state index in [1.807, 2.05) is 36.4 Å². The maximum Gasteiger partial charge on any atom is 0.255 e. The zero-order chi connectivity index (χ0) is 24.9. The summed E-state index contributed by atoms with van der Waals surface area (Å²) in [5.41, 5.74) is 5.18. The van der Waals surface area contributed by atoms with Crippen LogP contribution in [0.3, 0.4) is 0 Å². The Morgan fingerprint density at radius 3 is 2.36 bits per heavy atom. The number of para-hydroxylation sites is 1. The van der Waals surface area contributed by atoms with Crippen LogP contribution in [-0.2, 0) is 5.75 Å². The summed E-state index contributed by atoms with van der Waals surface area (Å²) in [5.74, 6) is 0.811. The van der Waals surface area contributed by atoms with Crippen LogP contribution in [0.15, 0.2) is 102 Å². The molecule has 0 spiro atoms. The average Bonchev–Trinajstić information content (AvgIpc) is 3.33. The van der Waals surface area contributed by atoms with Crippen molar-refractivity contribution >= 4 is 23.4 Å². The van der Waals surface area contributed by atoms with Gasteiger partial charge >= 0.3 is 0 Å². The number of rotatable bonds is 7. The highest BCUT2D eigenvalue weighted by Crippen LogP contribution is 2.31. The van der Waals surface area contributed by atoms with E-state index in [0.717, 1.165) is 33.4 Å². The highest BCUT2D eigenvalue weighted by molar-refractivity contribution is 7.98. The van der Waals surface area contributed by atoms with Crippen molar-refractivity contribution in [3.63, 3.8) is 0 Å². The molecule has 0 fully saturated rings. The second-order valence-electron chi connectivity index (χ2n) is 8.11. The third-order valence-corrected chi connectivity index (χ3v) is 6.61. The number of hydrogen-bond acceptors (Lipinski definition) is 5. The van der Waals surface area contributed by atoms with Crippen LogP contribution in [0.1, 0.15) is 21.5 Å². The van der Waals surface area contributed by atoms with Crippen molar-refractivity contribution in [2.24, 2.45) is 0 Å². The number of carbonyl (C=O) groups excluding carboxylic acids is 1. The molecule has 6 nitrogen and oxygen atoms in total. The van der Waals surface area contributed by atoms with Gasteiger partial charge in [0.25, 0.3) is 5.91 Å². The molecule has 36 heavy (non-hydrogen) atoms. The van der Waals surface area contributed by atoms with Gasteiger partial charge in [-0.3, -0.25) is 14.3 Å². The normalized spacial score (nSPS) is 10.8. The van der Waals surface area contributed by atoms with Crippen LogP contribution in [0.5, 0.6) is 0 Å². The molecule has 0 aliphatic carbocycles. The Kier molecular flexibility index (Phi) is 6.86. The van der Waals surface area contributed by atoms with E-state index in [1.54, 1.807) is 36.3 Å². The zero-order valence-corrected chi connectivity index (χ0v) is 20.2. The van der Waals surface area contributed by atoms with Gasteiger partial charge in [-0.15, -0.1) is 10.2 Å². The molecule has 8 heteroatoms. The van der Waals surface area contributed by atoms with Crippen molar-refractivity contribution in [3.05, 3.63) is 120 Å². The molecular weight excluding hydrogens is 473 g/mol. The molecule has 0 atom stereocenters. The van der Waals surface area contributed by atoms with Crippen molar-refractivity contribution < 1.29 is 9.18 Å². The van der Waals surface area contributed by atoms with Crippen LogP contribution in [0, 0.1) is 12.7 Å². The molecule has 2 heterocycles. The molecule has 2 aromatic heterocycles. The fourth-order valence-electron chi connectivity index (χ4n) is 3.72. The molecule has 0 saturated carbocycles. The minimum Gasteiger partial charge on any atom is -0.322 e. The van der Waals surface area contributed by atoms with E-state index in [2.05, 4.69) is 44.1 Å². The van der Waals surface area contributed by atoms with E-state index in [4.69, 9.17) is 0 Å². The Labute approximate surface area is 212 Å². The SMILES string of the molecule is Cc1ccccc1-n1c(SCc2ccc(C(=O)Nc3ccc(F)cc3)cc2)nnc1-c1ccncc1. The first-order valence-electron chi connectivity index (χ1n) is 11.3. The van der Waals surface area contributed by atoms with Gasteiger partial charge in [0, 0.05) is 35.0 Å². The summed E-state index contributed by atoms with van der Waals surface area (Å²) in [6.45, 7) is 2.07. The largest absolute Gasteiger partial charge is 0.322 e. The number of carbonyl (C=O) groups is 1. The predicted molar refractivity (Wildman–Crippen MR) is 140 cm³/mol. The quantitative estimate of drug-likeness (QED) is 0.268. The second-order valence-corrected chi connectivity index (χ2v) is 9.05. The van der Waals surface area contributed by atoms with E-state index in [-0.39, 0.29) is 11.7 Å². The van der Waals surface area contributed by atoms with Crippen LogP contribution >= 0.6 is 11.8 Å². The summed E-state index contributed by atoms with van der Waals surface area (Å²) in [4.78, 5) is 16.6. The van der Waals surface area contributed by atoms with E-state index < -0.39 is 0 Å². The lowest BCUT2D eigenvalue weighted by Gasteiger charge is -2.13. The number of benzene rings is 3. The van der Waals surface area contributed by atoms with Gasteiger partial charge in [0.1, 0.15) is 5.82 Å². The van der Waals surface area contributed by atoms with E-state index in [0.29, 0.717) is 17.0 Å². The smallest absolute Gasteiger partial charge is 0.255 e. The van der Waals surface area contributed by atoms with Crippen LogP contribution in [0.25, 0.3) is 17.1 Å². The highest BCUT2D eigenvalue weighted by Gasteiger charge is 2.17. The van der Waals surface area contributed by atoms with Crippen molar-refractivity contribution in [1.29, 1.82) is 0 Å². The monoisotopic (exact) mass is 495 g/mol. The van der Waals surface area contributed by atoms with Gasteiger partial charge in [-0.25, -0.2) is 4.39 Å². The topological polar surface area (TPSA) is 72.7 Å². The summed E-state index contributed by atoms with van der Waals surface area (Å²) in [7, 11) is 0. The number of halogens is 1. The van der Waals surface area contributed by atoms with E-state index in [9.17, 15) is 9.18 Å². The van der Waals surface area contributed by atoms with Crippen LogP contribution < -0.4 is 5.32 Å². The number of nitrogens with one attached hydrogen (secondary N) is 1. The van der Waals surface area contributed by atoms with Gasteiger partial charge in [0.05, 0.1) is 5.69 Å². The van der Waals surface area contributed by atoms with Crippen molar-refractivity contribution in [2.75, 3.05) is 5.32 Å². The number of nitrogens with zero attached hydrogens (tertiary/aromatic N) is 4. The lowest BCUT2D eigenvalue weighted by molar-refractivity contribution is 0.102. The lowest BCUT2D eigenvalue weighted by atomic mass is 10.1. The average molecular weight is 496 g/mol. The Morgan fingerprint density at radius 1 is 0.917 bits per heavy atom. The maximum absolute atomic E-state index is 13.1. The molecule has 0 bridgehead atoms. The third-order valence-electron chi connectivity index (χ3n) is 5.61. The number of pyridine rings is 1. The highest BCUT2D eigenvalue weighted by atomic mass is 32.2. The van der Waals surface area contributed by atoms with Gasteiger partial charge < -0.3 is 5.32 Å². The van der Waals surface area contributed by atoms with Crippen LogP contribution in [0.4, 0.5) is 10.1 Å². The third kappa shape index (κ3) is 5.18. The Hall–Kier alpha value is -4.30. The Bertz CT molecular complexity index is 1490. The number of aromatic nitrogens is 4. The maximum atomic E-state index is 13.1. The summed E-state index contributed by atoms with van der Waals surface area (Å²) in [6.07, 6.45) is 3.49. The molecule has 0 saturated heterocycles. The first kappa shape index (κ1) is 23.4. The summed E-state index contributed by atoms with van der Waals surface area (Å²) < 4.78 is 15.2. The number of thioether (sulfide) groups is 1. The van der Waals surface area contributed by atoms with Gasteiger partial charge in [0.2, 0.25) is 0 Å². The molecule has 3 aromatic carbocycles. The number of aryl methyl sites for hydroxylation is 1. The number of amides is 1. The first-order valence-corrected chi connectivity index (χ1v) is 12.3. The molecule has 0 unspecified atom stereocenters. The predicted octanol–water partition coefficient (Wildman–Crippen LogP) is 6.32. The van der Waals surface area contributed by atoms with Gasteiger partial charge in [-0.2, -0.15) is 0 Å². The Balaban J connectivity index is 1.34. The fourth-order valence-corrected chi connectivity index (χ4v) is 4.62. The molecule has 0 radical (unpaired) electrons. The van der Waals surface area contributed by atoms with Crippen LogP contribution in [-0.4, -0.2) is 25.7 Å². The molecule has 178 valence electrons. The van der Waals surface area contributed by atoms with Gasteiger partial charge in [-0.05, 0) is 72.6 Å². The summed E-state index contributed by atoms with van der Waals surface area (Å²) in [6, 6.07) is 25.1. The summed E-state index contributed by atoms with van der Waals surface area (Å²) in [5, 5.41) is 12.5. The van der Waals surface area contributed by atoms with E-state index >= 15 is 0 Å². The van der Waals surface area contributed by atoms with Gasteiger partial charge in [0.15, 0.2) is 11.0 Å².